The predicted octanol–water partition coefficient (Wildman–Crippen LogP) is 3.67. The van der Waals surface area contributed by atoms with Crippen LogP contribution in [0, 0.1) is 0 Å². The lowest BCUT2D eigenvalue weighted by atomic mass is 9.87. The summed E-state index contributed by atoms with van der Waals surface area (Å²) in [5, 5.41) is 21.7. The zero-order valence-electron chi connectivity index (χ0n) is 11.0. The molecule has 3 rings (SSSR count). The number of phenols is 1. The number of fused-ring (bicyclic) bond motifs is 1. The molecule has 0 bridgehead atoms. The summed E-state index contributed by atoms with van der Waals surface area (Å²) >= 11 is 5.91. The Morgan fingerprint density at radius 1 is 1.05 bits per heavy atom. The normalized spacial score (nSPS) is 16.0. The summed E-state index contributed by atoms with van der Waals surface area (Å²) in [4.78, 5) is 12.2. The molecule has 5 heteroatoms. The van der Waals surface area contributed by atoms with Crippen LogP contribution in [-0.4, -0.2) is 21.8 Å². The zero-order valence-corrected chi connectivity index (χ0v) is 11.8. The average molecular weight is 302 g/mol. The molecule has 0 atom stereocenters. The highest BCUT2D eigenvalue weighted by atomic mass is 35.5. The number of nitrogens with zero attached hydrogens (tertiary/aromatic N) is 1. The van der Waals surface area contributed by atoms with E-state index in [4.69, 9.17) is 16.8 Å². The molecule has 0 radical (unpaired) electrons. The Bertz CT molecular complexity index is 768. The van der Waals surface area contributed by atoms with Gasteiger partial charge in [-0.25, -0.2) is 0 Å². The number of aryl methyl sites for hydroxylation is 1. The Kier molecular flexibility index (Phi) is 3.39. The van der Waals surface area contributed by atoms with E-state index in [-0.39, 0.29) is 22.3 Å². The fourth-order valence-corrected chi connectivity index (χ4v) is 2.67. The van der Waals surface area contributed by atoms with Crippen LogP contribution in [0.4, 0.5) is 0 Å². The third-order valence-corrected chi connectivity index (χ3v) is 3.95. The average Bonchev–Trinajstić information content (AvgIpc) is 2.50. The molecule has 0 aromatic heterocycles. The molecule has 0 spiro atoms. The Morgan fingerprint density at radius 3 is 2.48 bits per heavy atom. The minimum Gasteiger partial charge on any atom is -0.506 e. The van der Waals surface area contributed by atoms with Crippen LogP contribution in [0.2, 0.25) is 5.02 Å². The van der Waals surface area contributed by atoms with Crippen LogP contribution in [0.15, 0.2) is 41.6 Å². The molecule has 0 amide bonds. The molecule has 0 fully saturated rings. The molecule has 0 saturated heterocycles. The summed E-state index contributed by atoms with van der Waals surface area (Å²) < 4.78 is 0. The van der Waals surface area contributed by atoms with E-state index < -0.39 is 0 Å². The number of ketones is 1. The number of hydrogen-bond acceptors (Lipinski definition) is 4. The second-order valence-corrected chi connectivity index (χ2v) is 5.32. The van der Waals surface area contributed by atoms with Gasteiger partial charge in [0.15, 0.2) is 0 Å². The van der Waals surface area contributed by atoms with Crippen molar-refractivity contribution in [2.45, 2.75) is 12.8 Å². The highest BCUT2D eigenvalue weighted by Crippen LogP contribution is 2.31. The van der Waals surface area contributed by atoms with E-state index in [2.05, 4.69) is 5.16 Å². The molecule has 0 aliphatic heterocycles. The zero-order chi connectivity index (χ0) is 15.0. The number of phenolic OH excluding ortho intramolecular Hbond substituents is 1. The van der Waals surface area contributed by atoms with Crippen LogP contribution in [0.25, 0.3) is 11.1 Å². The Morgan fingerprint density at radius 2 is 1.76 bits per heavy atom. The van der Waals surface area contributed by atoms with Crippen molar-refractivity contribution >= 4 is 23.1 Å². The van der Waals surface area contributed by atoms with Gasteiger partial charge >= 0.3 is 0 Å². The van der Waals surface area contributed by atoms with Crippen molar-refractivity contribution in [3.63, 3.8) is 0 Å². The molecule has 106 valence electrons. The van der Waals surface area contributed by atoms with Gasteiger partial charge in [0.1, 0.15) is 11.5 Å². The van der Waals surface area contributed by atoms with Crippen molar-refractivity contribution < 1.29 is 15.1 Å². The lowest BCUT2D eigenvalue weighted by Gasteiger charge is -2.16. The first-order valence-corrected chi connectivity index (χ1v) is 6.85. The summed E-state index contributed by atoms with van der Waals surface area (Å²) in [5.74, 6) is -0.227. The predicted molar refractivity (Wildman–Crippen MR) is 80.4 cm³/mol. The van der Waals surface area contributed by atoms with E-state index in [1.807, 2.05) is 12.1 Å². The van der Waals surface area contributed by atoms with Gasteiger partial charge in [0.05, 0.1) is 5.02 Å². The van der Waals surface area contributed by atoms with Crippen LogP contribution in [0.3, 0.4) is 0 Å². The molecule has 0 heterocycles. The van der Waals surface area contributed by atoms with Gasteiger partial charge in [-0.3, -0.25) is 4.79 Å². The molecular formula is C16H12ClNO3. The lowest BCUT2D eigenvalue weighted by Crippen LogP contribution is -2.22. The maximum absolute atomic E-state index is 12.2. The fraction of sp³-hybridized carbons (Fsp3) is 0.125. The summed E-state index contributed by atoms with van der Waals surface area (Å²) in [6.07, 6.45) is 1.13. The minimum absolute atomic E-state index is 0.0177. The number of rotatable bonds is 1. The largest absolute Gasteiger partial charge is 0.506 e. The van der Waals surface area contributed by atoms with Crippen molar-refractivity contribution in [1.82, 2.24) is 0 Å². The van der Waals surface area contributed by atoms with E-state index >= 15 is 0 Å². The number of oxime groups is 1. The SMILES string of the molecule is O=C1/C(=N\O)CCc2ccc(-c3ccc(O)c(Cl)c3)cc21. The maximum atomic E-state index is 12.2. The monoisotopic (exact) mass is 301 g/mol. The lowest BCUT2D eigenvalue weighted by molar-refractivity contribution is 0.105. The maximum Gasteiger partial charge on any atom is 0.210 e. The Labute approximate surface area is 126 Å². The third kappa shape index (κ3) is 2.38. The number of carbonyl (C=O) groups excluding carboxylic acids is 1. The summed E-state index contributed by atoms with van der Waals surface area (Å²) in [6, 6.07) is 10.5. The van der Waals surface area contributed by atoms with Crippen molar-refractivity contribution in [2.24, 2.45) is 5.16 Å². The van der Waals surface area contributed by atoms with Gasteiger partial charge in [-0.05, 0) is 41.3 Å². The second kappa shape index (κ2) is 5.22. The van der Waals surface area contributed by atoms with Gasteiger partial charge in [0.25, 0.3) is 0 Å². The number of halogens is 1. The van der Waals surface area contributed by atoms with Crippen molar-refractivity contribution in [1.29, 1.82) is 0 Å². The van der Waals surface area contributed by atoms with E-state index in [0.717, 1.165) is 16.7 Å². The topological polar surface area (TPSA) is 69.9 Å². The molecule has 4 nitrogen and oxygen atoms in total. The van der Waals surface area contributed by atoms with Crippen molar-refractivity contribution in [3.8, 4) is 16.9 Å². The van der Waals surface area contributed by atoms with Crippen LogP contribution >= 0.6 is 11.6 Å². The molecule has 2 aromatic rings. The highest BCUT2D eigenvalue weighted by Gasteiger charge is 2.24. The second-order valence-electron chi connectivity index (χ2n) is 4.91. The molecule has 1 aliphatic carbocycles. The fourth-order valence-electron chi connectivity index (χ4n) is 2.49. The number of carbonyl (C=O) groups is 1. The molecule has 1 aliphatic rings. The molecular weight excluding hydrogens is 290 g/mol. The Hall–Kier alpha value is -2.33. The summed E-state index contributed by atoms with van der Waals surface area (Å²) in [5.41, 5.74) is 3.31. The summed E-state index contributed by atoms with van der Waals surface area (Å²) in [6.45, 7) is 0. The first-order chi connectivity index (χ1) is 10.1. The van der Waals surface area contributed by atoms with E-state index in [1.165, 1.54) is 6.07 Å². The highest BCUT2D eigenvalue weighted by molar-refractivity contribution is 6.47. The number of benzene rings is 2. The molecule has 21 heavy (non-hydrogen) atoms. The quantitative estimate of drug-likeness (QED) is 0.623. The van der Waals surface area contributed by atoms with E-state index in [1.54, 1.807) is 18.2 Å². The van der Waals surface area contributed by atoms with Crippen molar-refractivity contribution in [3.05, 3.63) is 52.5 Å². The van der Waals surface area contributed by atoms with Crippen LogP contribution in [-0.2, 0) is 6.42 Å². The van der Waals surface area contributed by atoms with Crippen molar-refractivity contribution in [2.75, 3.05) is 0 Å². The van der Waals surface area contributed by atoms with Gasteiger partial charge in [0, 0.05) is 12.0 Å². The van der Waals surface area contributed by atoms with Crippen LogP contribution in [0.1, 0.15) is 22.3 Å². The Balaban J connectivity index is 2.09. The van der Waals surface area contributed by atoms with E-state index in [0.29, 0.717) is 18.4 Å². The van der Waals surface area contributed by atoms with E-state index in [9.17, 15) is 9.90 Å². The van der Waals surface area contributed by atoms with Gasteiger partial charge in [-0.2, -0.15) is 0 Å². The van der Waals surface area contributed by atoms with Gasteiger partial charge in [-0.15, -0.1) is 0 Å². The number of hydrogen-bond donors (Lipinski definition) is 2. The first-order valence-electron chi connectivity index (χ1n) is 6.47. The molecule has 0 unspecified atom stereocenters. The van der Waals surface area contributed by atoms with Crippen LogP contribution in [0.5, 0.6) is 5.75 Å². The molecule has 0 saturated carbocycles. The molecule has 2 N–H and O–H groups in total. The van der Waals surface area contributed by atoms with Gasteiger partial charge < -0.3 is 10.3 Å². The first kappa shape index (κ1) is 13.6. The summed E-state index contributed by atoms with van der Waals surface area (Å²) in [7, 11) is 0. The minimum atomic E-state index is -0.245. The number of Topliss-reactive ketones (excluding diaryl/α,β-unsaturated/α-hetero) is 1. The smallest absolute Gasteiger partial charge is 0.210 e. The standard InChI is InChI=1S/C16H12ClNO3/c17-13-8-11(4-6-15(13)19)10-2-1-9-3-5-14(18-21)16(20)12(9)7-10/h1-2,4,6-8,19,21H,3,5H2/b18-14-. The number of aromatic hydroxyl groups is 1. The van der Waals surface area contributed by atoms with Crippen LogP contribution < -0.4 is 0 Å². The van der Waals surface area contributed by atoms with Gasteiger partial charge in [0.2, 0.25) is 5.78 Å². The molecule has 2 aromatic carbocycles. The third-order valence-electron chi connectivity index (χ3n) is 3.65. The van der Waals surface area contributed by atoms with Gasteiger partial charge in [-0.1, -0.05) is 35.0 Å².